The summed E-state index contributed by atoms with van der Waals surface area (Å²) in [6.45, 7) is 12.3. The van der Waals surface area contributed by atoms with Gasteiger partial charge in [0.05, 0.1) is 24.5 Å². The number of halogens is 2. The van der Waals surface area contributed by atoms with E-state index in [-0.39, 0.29) is 12.5 Å². The molecule has 0 aromatic rings. The topological polar surface area (TPSA) is 59.1 Å². The summed E-state index contributed by atoms with van der Waals surface area (Å²) < 4.78 is 40.4. The molecule has 2 aliphatic rings. The maximum atomic E-state index is 14.8. The summed E-state index contributed by atoms with van der Waals surface area (Å²) in [5, 5.41) is 0. The third kappa shape index (κ3) is 5.33. The first-order valence-corrected chi connectivity index (χ1v) is 9.99. The van der Waals surface area contributed by atoms with E-state index in [9.17, 15) is 18.4 Å². The van der Waals surface area contributed by atoms with Gasteiger partial charge in [0, 0.05) is 13.1 Å². The van der Waals surface area contributed by atoms with E-state index < -0.39 is 47.8 Å². The molecule has 2 fully saturated rings. The Kier molecular flexibility index (Phi) is 6.34. The van der Waals surface area contributed by atoms with Gasteiger partial charge < -0.3 is 9.47 Å². The summed E-state index contributed by atoms with van der Waals surface area (Å²) in [7, 11) is 0. The van der Waals surface area contributed by atoms with E-state index in [4.69, 9.17) is 9.47 Å². The van der Waals surface area contributed by atoms with E-state index in [0.29, 0.717) is 19.4 Å². The molecule has 0 saturated carbocycles. The Hall–Kier alpha value is -1.44. The maximum Gasteiger partial charge on any atom is 0.410 e. The second-order valence-corrected chi connectivity index (χ2v) is 9.80. The minimum atomic E-state index is -3.05. The quantitative estimate of drug-likeness (QED) is 0.669. The molecule has 0 aromatic carbocycles. The first-order chi connectivity index (χ1) is 12.6. The van der Waals surface area contributed by atoms with Crippen LogP contribution >= 0.6 is 0 Å². The number of rotatable bonds is 4. The van der Waals surface area contributed by atoms with E-state index in [0.717, 1.165) is 4.90 Å². The molecule has 1 unspecified atom stereocenters. The van der Waals surface area contributed by atoms with E-state index in [2.05, 4.69) is 0 Å². The molecule has 0 bridgehead atoms. The van der Waals surface area contributed by atoms with Crippen LogP contribution in [0.3, 0.4) is 0 Å². The lowest BCUT2D eigenvalue weighted by atomic mass is 10.0. The number of nitrogens with zero attached hydrogens (tertiary/aromatic N) is 2. The van der Waals surface area contributed by atoms with Crippen molar-refractivity contribution >= 4 is 12.1 Å². The number of fused-ring (bicyclic) bond motifs is 1. The van der Waals surface area contributed by atoms with E-state index in [1.807, 2.05) is 6.92 Å². The summed E-state index contributed by atoms with van der Waals surface area (Å²) in [4.78, 5) is 27.7. The molecule has 6 nitrogen and oxygen atoms in total. The predicted molar refractivity (Wildman–Crippen MR) is 101 cm³/mol. The Morgan fingerprint density at radius 2 is 1.68 bits per heavy atom. The van der Waals surface area contributed by atoms with Gasteiger partial charge >= 0.3 is 12.1 Å². The Labute approximate surface area is 166 Å². The van der Waals surface area contributed by atoms with E-state index >= 15 is 0 Å². The first kappa shape index (κ1) is 22.8. The van der Waals surface area contributed by atoms with Gasteiger partial charge in [0.25, 0.3) is 5.92 Å². The van der Waals surface area contributed by atoms with Gasteiger partial charge in [-0.25, -0.2) is 13.6 Å². The number of alkyl halides is 2. The highest BCUT2D eigenvalue weighted by Gasteiger charge is 2.61. The molecule has 0 aliphatic carbocycles. The molecular weight excluding hydrogens is 370 g/mol. The standard InChI is InChI=1S/C20H34F2N2O4/c1-8-13(16(25)27-18(2,3)4)11-23-10-9-14-15(23)20(21,22)12-24(14)17(26)28-19(5,6)7/h13-15H,8-12H2,1-7H3/t13?,14-,15+/m0/s1. The highest BCUT2D eigenvalue weighted by atomic mass is 19.3. The number of likely N-dealkylation sites (tertiary alicyclic amines) is 2. The summed E-state index contributed by atoms with van der Waals surface area (Å²) in [5.74, 6) is -3.90. The second kappa shape index (κ2) is 7.76. The Balaban J connectivity index is 2.11. The van der Waals surface area contributed by atoms with Crippen molar-refractivity contribution in [2.24, 2.45) is 5.92 Å². The third-order valence-corrected chi connectivity index (χ3v) is 5.00. The lowest BCUT2D eigenvalue weighted by Crippen LogP contribution is -2.48. The number of hydrogen-bond acceptors (Lipinski definition) is 5. The van der Waals surface area contributed by atoms with E-state index in [1.165, 1.54) is 0 Å². The number of ether oxygens (including phenoxy) is 2. The minimum absolute atomic E-state index is 0.199. The molecular formula is C20H34F2N2O4. The van der Waals surface area contributed by atoms with Gasteiger partial charge in [-0.3, -0.25) is 14.6 Å². The van der Waals surface area contributed by atoms with Crippen molar-refractivity contribution in [3.63, 3.8) is 0 Å². The van der Waals surface area contributed by atoms with Crippen LogP contribution in [-0.4, -0.2) is 70.7 Å². The molecule has 28 heavy (non-hydrogen) atoms. The van der Waals surface area contributed by atoms with Crippen molar-refractivity contribution in [2.45, 2.75) is 90.5 Å². The molecule has 3 atom stereocenters. The van der Waals surface area contributed by atoms with Gasteiger partial charge in [0.1, 0.15) is 11.2 Å². The summed E-state index contributed by atoms with van der Waals surface area (Å²) >= 11 is 0. The van der Waals surface area contributed by atoms with Gasteiger partial charge in [0.15, 0.2) is 0 Å². The number of hydrogen-bond donors (Lipinski definition) is 0. The molecule has 2 aliphatic heterocycles. The molecule has 162 valence electrons. The zero-order valence-electron chi connectivity index (χ0n) is 18.1. The summed E-state index contributed by atoms with van der Waals surface area (Å²) in [6, 6.07) is -1.71. The van der Waals surface area contributed by atoms with Crippen LogP contribution in [0.4, 0.5) is 13.6 Å². The molecule has 0 aromatic heterocycles. The fraction of sp³-hybridized carbons (Fsp3) is 0.900. The van der Waals surface area contributed by atoms with E-state index in [1.54, 1.807) is 46.4 Å². The molecule has 8 heteroatoms. The third-order valence-electron chi connectivity index (χ3n) is 5.00. The van der Waals surface area contributed by atoms with Crippen LogP contribution in [0, 0.1) is 5.92 Å². The fourth-order valence-electron chi connectivity index (χ4n) is 3.92. The van der Waals surface area contributed by atoms with Crippen LogP contribution in [-0.2, 0) is 14.3 Å². The predicted octanol–water partition coefficient (Wildman–Crippen LogP) is 3.68. The summed E-state index contributed by atoms with van der Waals surface area (Å²) in [5.41, 5.74) is -1.37. The van der Waals surface area contributed by atoms with Crippen LogP contribution < -0.4 is 0 Å². The highest BCUT2D eigenvalue weighted by molar-refractivity contribution is 5.73. The average molecular weight is 404 g/mol. The Morgan fingerprint density at radius 1 is 1.11 bits per heavy atom. The van der Waals surface area contributed by atoms with Gasteiger partial charge in [-0.05, 0) is 54.4 Å². The second-order valence-electron chi connectivity index (χ2n) is 9.80. The zero-order valence-corrected chi connectivity index (χ0v) is 18.1. The number of amides is 1. The van der Waals surface area contributed by atoms with Crippen LogP contribution in [0.1, 0.15) is 61.3 Å². The van der Waals surface area contributed by atoms with Crippen LogP contribution in [0.25, 0.3) is 0 Å². The number of carbonyl (C=O) groups is 2. The van der Waals surface area contributed by atoms with Gasteiger partial charge in [-0.15, -0.1) is 0 Å². The van der Waals surface area contributed by atoms with Crippen LogP contribution in [0.5, 0.6) is 0 Å². The molecule has 2 saturated heterocycles. The normalized spacial score (nSPS) is 26.1. The van der Waals surface area contributed by atoms with Crippen molar-refractivity contribution in [3.8, 4) is 0 Å². The Morgan fingerprint density at radius 3 is 2.18 bits per heavy atom. The van der Waals surface area contributed by atoms with Gasteiger partial charge in [-0.1, -0.05) is 6.92 Å². The number of esters is 1. The SMILES string of the molecule is CCC(CN1CC[C@H]2[C@@H]1C(F)(F)CN2C(=O)OC(C)(C)C)C(=O)OC(C)(C)C. The van der Waals surface area contributed by atoms with Crippen LogP contribution in [0.2, 0.25) is 0 Å². The molecule has 2 heterocycles. The number of carbonyl (C=O) groups excluding carboxylic acids is 2. The largest absolute Gasteiger partial charge is 0.460 e. The lowest BCUT2D eigenvalue weighted by Gasteiger charge is -2.31. The smallest absolute Gasteiger partial charge is 0.410 e. The van der Waals surface area contributed by atoms with Crippen LogP contribution in [0.15, 0.2) is 0 Å². The van der Waals surface area contributed by atoms with Crippen molar-refractivity contribution in [1.82, 2.24) is 9.80 Å². The maximum absolute atomic E-state index is 14.8. The van der Waals surface area contributed by atoms with Gasteiger partial charge in [-0.2, -0.15) is 0 Å². The molecule has 0 radical (unpaired) electrons. The average Bonchev–Trinajstić information content (AvgIpc) is 3.01. The minimum Gasteiger partial charge on any atom is -0.460 e. The zero-order chi connectivity index (χ0) is 21.5. The van der Waals surface area contributed by atoms with Crippen molar-refractivity contribution < 1.29 is 27.8 Å². The Bertz CT molecular complexity index is 598. The van der Waals surface area contributed by atoms with Crippen molar-refractivity contribution in [3.05, 3.63) is 0 Å². The van der Waals surface area contributed by atoms with Crippen molar-refractivity contribution in [2.75, 3.05) is 19.6 Å². The highest BCUT2D eigenvalue weighted by Crippen LogP contribution is 2.42. The molecule has 1 amide bonds. The fourth-order valence-corrected chi connectivity index (χ4v) is 3.92. The molecule has 0 spiro atoms. The van der Waals surface area contributed by atoms with Crippen molar-refractivity contribution in [1.29, 1.82) is 0 Å². The lowest BCUT2D eigenvalue weighted by molar-refractivity contribution is -0.161. The first-order valence-electron chi connectivity index (χ1n) is 9.99. The van der Waals surface area contributed by atoms with Gasteiger partial charge in [0.2, 0.25) is 0 Å². The molecule has 2 rings (SSSR count). The monoisotopic (exact) mass is 404 g/mol. The molecule has 0 N–H and O–H groups in total. The summed E-state index contributed by atoms with van der Waals surface area (Å²) in [6.07, 6.45) is 0.231.